The summed E-state index contributed by atoms with van der Waals surface area (Å²) >= 11 is 3.54. The fourth-order valence-electron chi connectivity index (χ4n) is 5.65. The van der Waals surface area contributed by atoms with Crippen molar-refractivity contribution in [3.63, 3.8) is 0 Å². The summed E-state index contributed by atoms with van der Waals surface area (Å²) in [6.07, 6.45) is 1.88. The van der Waals surface area contributed by atoms with Crippen molar-refractivity contribution in [1.82, 2.24) is 30.2 Å². The van der Waals surface area contributed by atoms with Crippen LogP contribution < -0.4 is 0 Å². The van der Waals surface area contributed by atoms with Gasteiger partial charge in [0.1, 0.15) is 5.54 Å². The molecule has 0 spiro atoms. The molecule has 5 aromatic carbocycles. The summed E-state index contributed by atoms with van der Waals surface area (Å²) in [5.74, 6) is 1.23. The SMILES string of the molecule is BrCc1ccc2nc(-c3ccccc3-c3nnnn3C(c3ccccc3)(c3ccccc3)c3ccccc3)ncc2c1. The van der Waals surface area contributed by atoms with Crippen LogP contribution >= 0.6 is 15.9 Å². The molecule has 7 aromatic rings. The minimum absolute atomic E-state index is 0.612. The first-order valence-electron chi connectivity index (χ1n) is 13.7. The van der Waals surface area contributed by atoms with E-state index in [-0.39, 0.29) is 0 Å². The number of benzene rings is 5. The largest absolute Gasteiger partial charge is 0.236 e. The Morgan fingerprint density at radius 2 is 1.21 bits per heavy atom. The van der Waals surface area contributed by atoms with Gasteiger partial charge in [-0.3, -0.25) is 0 Å². The summed E-state index contributed by atoms with van der Waals surface area (Å²) in [6, 6.07) is 45.4. The van der Waals surface area contributed by atoms with Crippen molar-refractivity contribution < 1.29 is 0 Å². The number of nitrogens with zero attached hydrogens (tertiary/aromatic N) is 6. The Morgan fingerprint density at radius 3 is 1.81 bits per heavy atom. The lowest BCUT2D eigenvalue weighted by molar-refractivity contribution is 0.451. The van der Waals surface area contributed by atoms with Crippen molar-refractivity contribution in [1.29, 1.82) is 0 Å². The van der Waals surface area contributed by atoms with Crippen molar-refractivity contribution in [2.75, 3.05) is 0 Å². The van der Waals surface area contributed by atoms with Gasteiger partial charge in [0.2, 0.25) is 0 Å². The third-order valence-corrected chi connectivity index (χ3v) is 8.22. The van der Waals surface area contributed by atoms with Gasteiger partial charge >= 0.3 is 0 Å². The van der Waals surface area contributed by atoms with Crippen molar-refractivity contribution >= 4 is 26.8 Å². The quantitative estimate of drug-likeness (QED) is 0.137. The Hall–Kier alpha value is -5.01. The van der Waals surface area contributed by atoms with Gasteiger partial charge in [0.05, 0.1) is 5.52 Å². The number of alkyl halides is 1. The Balaban J connectivity index is 1.49. The van der Waals surface area contributed by atoms with E-state index in [1.807, 2.05) is 59.4 Å². The molecule has 42 heavy (non-hydrogen) atoms. The van der Waals surface area contributed by atoms with E-state index in [1.165, 1.54) is 5.56 Å². The highest BCUT2D eigenvalue weighted by molar-refractivity contribution is 9.08. The van der Waals surface area contributed by atoms with E-state index in [4.69, 9.17) is 15.2 Å². The summed E-state index contributed by atoms with van der Waals surface area (Å²) < 4.78 is 1.94. The lowest BCUT2D eigenvalue weighted by Crippen LogP contribution is -2.39. The number of rotatable bonds is 7. The molecule has 0 radical (unpaired) electrons. The fourth-order valence-corrected chi connectivity index (χ4v) is 6.00. The van der Waals surface area contributed by atoms with Crippen LogP contribution in [-0.4, -0.2) is 30.2 Å². The molecule has 0 saturated heterocycles. The average molecular weight is 610 g/mol. The van der Waals surface area contributed by atoms with Crippen molar-refractivity contribution in [2.24, 2.45) is 0 Å². The molecule has 7 rings (SSSR count). The summed E-state index contributed by atoms with van der Waals surface area (Å²) in [5, 5.41) is 15.4. The Bertz CT molecular complexity index is 1880. The summed E-state index contributed by atoms with van der Waals surface area (Å²) in [6.45, 7) is 0. The molecule has 0 saturated carbocycles. The van der Waals surface area contributed by atoms with E-state index in [1.54, 1.807) is 0 Å². The minimum atomic E-state index is -0.855. The molecule has 0 aliphatic rings. The molecule has 2 aromatic heterocycles. The monoisotopic (exact) mass is 608 g/mol. The Labute approximate surface area is 251 Å². The molecule has 0 aliphatic carbocycles. The van der Waals surface area contributed by atoms with Crippen LogP contribution in [0, 0.1) is 0 Å². The van der Waals surface area contributed by atoms with Crippen LogP contribution in [-0.2, 0) is 10.9 Å². The number of hydrogen-bond acceptors (Lipinski definition) is 5. The molecule has 6 nitrogen and oxygen atoms in total. The highest BCUT2D eigenvalue weighted by Gasteiger charge is 2.42. The molecule has 2 heterocycles. The lowest BCUT2D eigenvalue weighted by atomic mass is 9.77. The maximum atomic E-state index is 4.95. The van der Waals surface area contributed by atoms with Crippen LogP contribution in [0.5, 0.6) is 0 Å². The molecular weight excluding hydrogens is 584 g/mol. The van der Waals surface area contributed by atoms with Crippen molar-refractivity contribution in [3.05, 3.63) is 162 Å². The van der Waals surface area contributed by atoms with Crippen LogP contribution in [0.4, 0.5) is 0 Å². The van der Waals surface area contributed by atoms with Crippen molar-refractivity contribution in [2.45, 2.75) is 10.9 Å². The average Bonchev–Trinajstić information content (AvgIpc) is 3.56. The first-order valence-corrected chi connectivity index (χ1v) is 14.8. The van der Waals surface area contributed by atoms with E-state index in [0.717, 1.165) is 44.1 Å². The summed E-state index contributed by atoms with van der Waals surface area (Å²) in [4.78, 5) is 9.74. The van der Waals surface area contributed by atoms with Gasteiger partial charge in [-0.2, -0.15) is 0 Å². The molecule has 0 N–H and O–H groups in total. The molecule has 202 valence electrons. The molecule has 0 aliphatic heterocycles. The van der Waals surface area contributed by atoms with Crippen LogP contribution in [0.3, 0.4) is 0 Å². The molecule has 0 amide bonds. The molecule has 0 atom stereocenters. The highest BCUT2D eigenvalue weighted by Crippen LogP contribution is 2.43. The minimum Gasteiger partial charge on any atom is -0.236 e. The maximum absolute atomic E-state index is 4.95. The fraction of sp³-hybridized carbons (Fsp3) is 0.0571. The molecular formula is C35H25BrN6. The predicted molar refractivity (Wildman–Crippen MR) is 169 cm³/mol. The zero-order valence-corrected chi connectivity index (χ0v) is 24.1. The van der Waals surface area contributed by atoms with Gasteiger partial charge in [0, 0.05) is 28.0 Å². The zero-order valence-electron chi connectivity index (χ0n) is 22.5. The highest BCUT2D eigenvalue weighted by atomic mass is 79.9. The van der Waals surface area contributed by atoms with Crippen LogP contribution in [0.1, 0.15) is 22.3 Å². The number of tetrazole rings is 1. The first kappa shape index (κ1) is 25.9. The predicted octanol–water partition coefficient (Wildman–Crippen LogP) is 7.69. The van der Waals surface area contributed by atoms with Gasteiger partial charge in [0.25, 0.3) is 0 Å². The summed E-state index contributed by atoms with van der Waals surface area (Å²) in [7, 11) is 0. The standard InChI is InChI=1S/C35H25BrN6/c36-23-25-20-21-32-26(22-25)24-37-33(38-32)30-18-10-11-19-31(30)34-39-40-41-42(34)35(27-12-4-1-5-13-27,28-14-6-2-7-15-28)29-16-8-3-9-17-29/h1-22,24H,23H2. The first-order chi connectivity index (χ1) is 20.8. The van der Waals surface area contributed by atoms with Gasteiger partial charge in [0.15, 0.2) is 11.6 Å². The molecule has 0 bridgehead atoms. The Kier molecular flexibility index (Phi) is 6.85. The van der Waals surface area contributed by atoms with Gasteiger partial charge < -0.3 is 0 Å². The zero-order chi connectivity index (χ0) is 28.4. The lowest BCUT2D eigenvalue weighted by Gasteiger charge is -2.36. The van der Waals surface area contributed by atoms with E-state index in [9.17, 15) is 0 Å². The van der Waals surface area contributed by atoms with Gasteiger partial charge in [-0.15, -0.1) is 5.10 Å². The molecule has 0 fully saturated rings. The van der Waals surface area contributed by atoms with Crippen LogP contribution in [0.2, 0.25) is 0 Å². The van der Waals surface area contributed by atoms with E-state index >= 15 is 0 Å². The third-order valence-electron chi connectivity index (χ3n) is 7.57. The molecule has 7 heteroatoms. The van der Waals surface area contributed by atoms with Crippen LogP contribution in [0.25, 0.3) is 33.7 Å². The topological polar surface area (TPSA) is 69.4 Å². The van der Waals surface area contributed by atoms with Gasteiger partial charge in [-0.05, 0) is 44.8 Å². The molecule has 0 unspecified atom stereocenters. The van der Waals surface area contributed by atoms with Crippen LogP contribution in [0.15, 0.2) is 140 Å². The second-order valence-corrected chi connectivity index (χ2v) is 10.5. The number of aromatic nitrogens is 6. The normalized spacial score (nSPS) is 11.5. The van der Waals surface area contributed by atoms with Gasteiger partial charge in [-0.1, -0.05) is 137 Å². The number of halogens is 1. The second-order valence-electron chi connectivity index (χ2n) is 9.99. The number of hydrogen-bond donors (Lipinski definition) is 0. The third kappa shape index (κ3) is 4.39. The Morgan fingerprint density at radius 1 is 0.643 bits per heavy atom. The van der Waals surface area contributed by atoms with E-state index in [0.29, 0.717) is 11.6 Å². The second kappa shape index (κ2) is 11.1. The summed E-state index contributed by atoms with van der Waals surface area (Å²) in [5.41, 5.74) is 6.01. The smallest absolute Gasteiger partial charge is 0.184 e. The maximum Gasteiger partial charge on any atom is 0.184 e. The van der Waals surface area contributed by atoms with Gasteiger partial charge in [-0.25, -0.2) is 14.6 Å². The number of fused-ring (bicyclic) bond motifs is 1. The van der Waals surface area contributed by atoms with Crippen molar-refractivity contribution in [3.8, 4) is 22.8 Å². The van der Waals surface area contributed by atoms with E-state index < -0.39 is 5.54 Å². The van der Waals surface area contributed by atoms with E-state index in [2.05, 4.69) is 111 Å².